The van der Waals surface area contributed by atoms with Crippen LogP contribution in [0.4, 0.5) is 18.9 Å². The zero-order chi connectivity index (χ0) is 15.0. The van der Waals surface area contributed by atoms with E-state index in [0.717, 1.165) is 18.5 Å². The summed E-state index contributed by atoms with van der Waals surface area (Å²) in [6.45, 7) is 1.90. The molecule has 0 fully saturated rings. The number of ether oxygens (including phenoxy) is 1. The van der Waals surface area contributed by atoms with Crippen molar-refractivity contribution in [2.24, 2.45) is 0 Å². The van der Waals surface area contributed by atoms with Crippen molar-refractivity contribution in [2.45, 2.75) is 19.1 Å². The van der Waals surface area contributed by atoms with Gasteiger partial charge in [-0.25, -0.2) is 0 Å². The lowest BCUT2D eigenvalue weighted by atomic mass is 10.2. The molecule has 0 atom stereocenters. The molecule has 112 valence electrons. The van der Waals surface area contributed by atoms with Gasteiger partial charge in [0.05, 0.1) is 0 Å². The summed E-state index contributed by atoms with van der Waals surface area (Å²) < 4.78 is 41.3. The molecule has 1 aromatic carbocycles. The van der Waals surface area contributed by atoms with E-state index >= 15 is 0 Å². The fourth-order valence-electron chi connectivity index (χ4n) is 1.54. The van der Waals surface area contributed by atoms with E-state index in [2.05, 4.69) is 5.32 Å². The van der Waals surface area contributed by atoms with Crippen molar-refractivity contribution in [3.8, 4) is 0 Å². The Balaban J connectivity index is 2.47. The molecule has 0 bridgehead atoms. The van der Waals surface area contributed by atoms with Crippen LogP contribution in [0.25, 0.3) is 0 Å². The number of hydrogen-bond donors (Lipinski definition) is 2. The summed E-state index contributed by atoms with van der Waals surface area (Å²) in [5.74, 6) is -1.97. The monoisotopic (exact) mass is 290 g/mol. The normalized spacial score (nSPS) is 11.4. The van der Waals surface area contributed by atoms with Gasteiger partial charge in [-0.15, -0.1) is 0 Å². The minimum absolute atomic E-state index is 0.128. The third-order valence-corrected chi connectivity index (χ3v) is 2.47. The molecule has 7 heteroatoms. The van der Waals surface area contributed by atoms with E-state index in [9.17, 15) is 18.0 Å². The highest BCUT2D eigenvalue weighted by molar-refractivity contribution is 5.94. The second kappa shape index (κ2) is 7.86. The highest BCUT2D eigenvalue weighted by Gasteiger charge is 2.38. The van der Waals surface area contributed by atoms with E-state index in [0.29, 0.717) is 13.2 Å². The van der Waals surface area contributed by atoms with Gasteiger partial charge in [-0.05, 0) is 30.7 Å². The van der Waals surface area contributed by atoms with E-state index in [1.54, 1.807) is 19.2 Å². The van der Waals surface area contributed by atoms with Gasteiger partial charge in [-0.1, -0.05) is 12.1 Å². The second-order valence-electron chi connectivity index (χ2n) is 4.18. The average molecular weight is 290 g/mol. The summed E-state index contributed by atoms with van der Waals surface area (Å²) in [5, 5.41) is 4.95. The first-order valence-electron chi connectivity index (χ1n) is 6.10. The maximum absolute atomic E-state index is 12.1. The molecule has 0 aliphatic heterocycles. The zero-order valence-corrected chi connectivity index (χ0v) is 11.1. The summed E-state index contributed by atoms with van der Waals surface area (Å²) in [7, 11) is 1.62. The molecule has 0 unspecified atom stereocenters. The smallest absolute Gasteiger partial charge is 0.385 e. The van der Waals surface area contributed by atoms with Crippen LogP contribution in [0, 0.1) is 0 Å². The number of hydrogen-bond acceptors (Lipinski definition) is 3. The van der Waals surface area contributed by atoms with E-state index < -0.39 is 12.1 Å². The number of methoxy groups -OCH3 is 1. The first kappa shape index (κ1) is 16.5. The van der Waals surface area contributed by atoms with Crippen LogP contribution < -0.4 is 10.6 Å². The molecule has 0 heterocycles. The van der Waals surface area contributed by atoms with Crippen molar-refractivity contribution in [2.75, 3.05) is 25.6 Å². The number of benzene rings is 1. The minimum atomic E-state index is -4.88. The minimum Gasteiger partial charge on any atom is -0.385 e. The van der Waals surface area contributed by atoms with E-state index in [-0.39, 0.29) is 5.69 Å². The van der Waals surface area contributed by atoms with Crippen LogP contribution in [0.2, 0.25) is 0 Å². The van der Waals surface area contributed by atoms with Crippen molar-refractivity contribution >= 4 is 11.6 Å². The number of halogens is 3. The Morgan fingerprint density at radius 3 is 2.75 bits per heavy atom. The van der Waals surface area contributed by atoms with Crippen molar-refractivity contribution in [3.05, 3.63) is 29.8 Å². The molecule has 1 rings (SSSR count). The molecular formula is C13H17F3N2O2. The van der Waals surface area contributed by atoms with Crippen LogP contribution in [-0.4, -0.2) is 32.3 Å². The molecule has 20 heavy (non-hydrogen) atoms. The summed E-state index contributed by atoms with van der Waals surface area (Å²) in [6.07, 6.45) is -4.03. The summed E-state index contributed by atoms with van der Waals surface area (Å²) in [5.41, 5.74) is 0.922. The van der Waals surface area contributed by atoms with E-state index in [1.807, 2.05) is 5.32 Å². The Kier molecular flexibility index (Phi) is 6.47. The summed E-state index contributed by atoms with van der Waals surface area (Å²) in [4.78, 5) is 10.8. The predicted molar refractivity (Wildman–Crippen MR) is 69.3 cm³/mol. The third kappa shape index (κ3) is 6.03. The summed E-state index contributed by atoms with van der Waals surface area (Å²) in [6, 6.07) is 6.29. The molecule has 0 aromatic heterocycles. The van der Waals surface area contributed by atoms with Crippen molar-refractivity contribution < 1.29 is 22.7 Å². The molecule has 0 radical (unpaired) electrons. The number of amides is 1. The molecular weight excluding hydrogens is 273 g/mol. The number of nitrogens with one attached hydrogen (secondary N) is 2. The van der Waals surface area contributed by atoms with Gasteiger partial charge in [-0.3, -0.25) is 4.79 Å². The van der Waals surface area contributed by atoms with Gasteiger partial charge in [0.1, 0.15) is 0 Å². The van der Waals surface area contributed by atoms with Gasteiger partial charge in [0.2, 0.25) is 0 Å². The van der Waals surface area contributed by atoms with Crippen LogP contribution in [0.15, 0.2) is 24.3 Å². The highest BCUT2D eigenvalue weighted by atomic mass is 19.4. The maximum atomic E-state index is 12.1. The zero-order valence-electron chi connectivity index (χ0n) is 11.1. The van der Waals surface area contributed by atoms with Crippen molar-refractivity contribution in [1.82, 2.24) is 5.32 Å². The van der Waals surface area contributed by atoms with Gasteiger partial charge in [0.25, 0.3) is 0 Å². The van der Waals surface area contributed by atoms with Crippen LogP contribution >= 0.6 is 0 Å². The quantitative estimate of drug-likeness (QED) is 0.758. The SMILES string of the molecule is COCCCNCc1cccc(NC(=O)C(F)(F)F)c1. The predicted octanol–water partition coefficient (Wildman–Crippen LogP) is 2.31. The number of carbonyl (C=O) groups excluding carboxylic acids is 1. The van der Waals surface area contributed by atoms with Gasteiger partial charge < -0.3 is 15.4 Å². The Labute approximate surface area is 115 Å². The van der Waals surface area contributed by atoms with Gasteiger partial charge in [-0.2, -0.15) is 13.2 Å². The molecule has 0 saturated heterocycles. The second-order valence-corrected chi connectivity index (χ2v) is 4.18. The van der Waals surface area contributed by atoms with Gasteiger partial charge in [0, 0.05) is 25.9 Å². The number of alkyl halides is 3. The van der Waals surface area contributed by atoms with Crippen LogP contribution in [0.1, 0.15) is 12.0 Å². The largest absolute Gasteiger partial charge is 0.471 e. The lowest BCUT2D eigenvalue weighted by Gasteiger charge is -2.10. The fraction of sp³-hybridized carbons (Fsp3) is 0.462. The van der Waals surface area contributed by atoms with Gasteiger partial charge in [0.15, 0.2) is 0 Å². The molecule has 0 saturated carbocycles. The Bertz CT molecular complexity index is 436. The number of rotatable bonds is 7. The summed E-state index contributed by atoms with van der Waals surface area (Å²) >= 11 is 0. The Hall–Kier alpha value is -1.60. The Morgan fingerprint density at radius 2 is 2.10 bits per heavy atom. The van der Waals surface area contributed by atoms with Crippen LogP contribution in [0.3, 0.4) is 0 Å². The van der Waals surface area contributed by atoms with Crippen molar-refractivity contribution in [1.29, 1.82) is 0 Å². The average Bonchev–Trinajstić information content (AvgIpc) is 2.38. The standard InChI is InChI=1S/C13H17F3N2O2/c1-20-7-3-6-17-9-10-4-2-5-11(8-10)18-12(19)13(14,15)16/h2,4-5,8,17H,3,6-7,9H2,1H3,(H,18,19). The fourth-order valence-corrected chi connectivity index (χ4v) is 1.54. The molecule has 1 aromatic rings. The van der Waals surface area contributed by atoms with Gasteiger partial charge >= 0.3 is 12.1 Å². The lowest BCUT2D eigenvalue weighted by Crippen LogP contribution is -2.30. The highest BCUT2D eigenvalue weighted by Crippen LogP contribution is 2.18. The molecule has 0 aliphatic rings. The molecule has 0 aliphatic carbocycles. The first-order valence-corrected chi connectivity index (χ1v) is 6.10. The lowest BCUT2D eigenvalue weighted by molar-refractivity contribution is -0.167. The topological polar surface area (TPSA) is 50.4 Å². The molecule has 4 nitrogen and oxygen atoms in total. The first-order chi connectivity index (χ1) is 9.43. The van der Waals surface area contributed by atoms with Crippen LogP contribution in [0.5, 0.6) is 0 Å². The van der Waals surface area contributed by atoms with Crippen molar-refractivity contribution in [3.63, 3.8) is 0 Å². The molecule has 1 amide bonds. The number of anilines is 1. The Morgan fingerprint density at radius 1 is 1.35 bits per heavy atom. The van der Waals surface area contributed by atoms with Crippen LogP contribution in [-0.2, 0) is 16.1 Å². The van der Waals surface area contributed by atoms with E-state index in [1.165, 1.54) is 12.1 Å². The number of carbonyl (C=O) groups is 1. The maximum Gasteiger partial charge on any atom is 0.471 e. The third-order valence-electron chi connectivity index (χ3n) is 2.47. The molecule has 0 spiro atoms. The molecule has 2 N–H and O–H groups in total. The van der Waals surface area contributed by atoms with E-state index in [4.69, 9.17) is 4.74 Å².